The van der Waals surface area contributed by atoms with Crippen molar-refractivity contribution >= 4 is 60.6 Å². The monoisotopic (exact) mass is 304 g/mol. The molecule has 0 bridgehead atoms. The molecule has 2 aromatic rings. The molecule has 3 rings (SSSR count). The van der Waals surface area contributed by atoms with Crippen molar-refractivity contribution in [2.45, 2.75) is 0 Å². The summed E-state index contributed by atoms with van der Waals surface area (Å²) >= 11 is 10.9. The van der Waals surface area contributed by atoms with Crippen LogP contribution in [0.5, 0.6) is 0 Å². The van der Waals surface area contributed by atoms with E-state index in [1.807, 2.05) is 11.8 Å². The van der Waals surface area contributed by atoms with Crippen LogP contribution < -0.4 is 10.5 Å². The molecule has 1 aliphatic rings. The van der Waals surface area contributed by atoms with E-state index >= 15 is 0 Å². The molecule has 1 aliphatic heterocycles. The first-order chi connectivity index (χ1) is 8.24. The van der Waals surface area contributed by atoms with Gasteiger partial charge in [-0.3, -0.25) is 4.79 Å². The minimum absolute atomic E-state index is 0.157. The second-order valence-corrected chi connectivity index (χ2v) is 7.80. The van der Waals surface area contributed by atoms with E-state index < -0.39 is 0 Å². The number of thiophene rings is 1. The zero-order chi connectivity index (χ0) is 11.8. The van der Waals surface area contributed by atoms with E-state index in [0.717, 1.165) is 33.7 Å². The largest absolute Gasteiger partial charge is 0.346 e. The van der Waals surface area contributed by atoms with Gasteiger partial charge < -0.3 is 4.90 Å². The maximum absolute atomic E-state index is 11.9. The molecule has 0 unspecified atom stereocenters. The number of hydrogen-bond donors (Lipinski definition) is 0. The minimum Gasteiger partial charge on any atom is -0.346 e. The number of hydrogen-bond acceptors (Lipinski definition) is 6. The number of thioether (sulfide) groups is 1. The standard InChI is InChI=1S/C10H9ClN2OS3/c11-7-5-6-8(14)12-10(17-9(6)16-7)13-1-3-15-4-2-13/h5H,1-4H2. The summed E-state index contributed by atoms with van der Waals surface area (Å²) in [5, 5.41) is 1.49. The predicted octanol–water partition coefficient (Wildman–Crippen LogP) is 2.92. The van der Waals surface area contributed by atoms with Gasteiger partial charge in [0.05, 0.1) is 13.7 Å². The van der Waals surface area contributed by atoms with Crippen LogP contribution in [-0.2, 0) is 0 Å². The van der Waals surface area contributed by atoms with Gasteiger partial charge in [0, 0.05) is 24.6 Å². The normalized spacial score (nSPS) is 16.6. The van der Waals surface area contributed by atoms with Crippen LogP contribution >= 0.6 is 46.0 Å². The zero-order valence-corrected chi connectivity index (χ0v) is 12.0. The van der Waals surface area contributed by atoms with Crippen LogP contribution in [0.2, 0.25) is 4.34 Å². The predicted molar refractivity (Wildman–Crippen MR) is 78.3 cm³/mol. The van der Waals surface area contributed by atoms with Crippen molar-refractivity contribution in [2.75, 3.05) is 29.5 Å². The highest BCUT2D eigenvalue weighted by atomic mass is 35.5. The molecule has 0 N–H and O–H groups in total. The molecule has 0 saturated carbocycles. The van der Waals surface area contributed by atoms with Crippen molar-refractivity contribution in [1.82, 2.24) is 4.98 Å². The Morgan fingerprint density at radius 2 is 2.06 bits per heavy atom. The lowest BCUT2D eigenvalue weighted by Crippen LogP contribution is -2.33. The molecule has 0 aliphatic carbocycles. The summed E-state index contributed by atoms with van der Waals surface area (Å²) in [5.74, 6) is 2.21. The number of anilines is 1. The third-order valence-electron chi connectivity index (χ3n) is 2.56. The highest BCUT2D eigenvalue weighted by molar-refractivity contribution is 7.99. The van der Waals surface area contributed by atoms with Crippen LogP contribution in [-0.4, -0.2) is 29.6 Å². The van der Waals surface area contributed by atoms with Gasteiger partial charge in [-0.2, -0.15) is 16.7 Å². The number of nitrogens with zero attached hydrogens (tertiary/aromatic N) is 2. The molecule has 0 atom stereocenters. The van der Waals surface area contributed by atoms with Gasteiger partial charge in [0.1, 0.15) is 0 Å². The van der Waals surface area contributed by atoms with Crippen LogP contribution in [0.4, 0.5) is 5.13 Å². The van der Waals surface area contributed by atoms with Crippen LogP contribution in [0.25, 0.3) is 9.40 Å². The van der Waals surface area contributed by atoms with Gasteiger partial charge in [0.2, 0.25) is 0 Å². The Morgan fingerprint density at radius 1 is 1.29 bits per heavy atom. The van der Waals surface area contributed by atoms with Gasteiger partial charge in [-0.1, -0.05) is 22.9 Å². The highest BCUT2D eigenvalue weighted by Gasteiger charge is 2.16. The third kappa shape index (κ3) is 2.31. The Kier molecular flexibility index (Phi) is 3.30. The molecule has 0 amide bonds. The quantitative estimate of drug-likeness (QED) is 0.811. The average Bonchev–Trinajstić information content (AvgIpc) is 2.71. The first-order valence-electron chi connectivity index (χ1n) is 5.17. The molecule has 3 nitrogen and oxygen atoms in total. The van der Waals surface area contributed by atoms with Gasteiger partial charge in [0.15, 0.2) is 5.13 Å². The first kappa shape index (κ1) is 11.8. The summed E-state index contributed by atoms with van der Waals surface area (Å²) in [5.41, 5.74) is -0.157. The molecule has 0 aromatic carbocycles. The van der Waals surface area contributed by atoms with Gasteiger partial charge in [-0.25, -0.2) is 0 Å². The second-order valence-electron chi connectivity index (χ2n) is 3.65. The fraction of sp³-hybridized carbons (Fsp3) is 0.400. The van der Waals surface area contributed by atoms with E-state index in [1.165, 1.54) is 11.3 Å². The lowest BCUT2D eigenvalue weighted by Gasteiger charge is -2.26. The number of halogens is 1. The van der Waals surface area contributed by atoms with Gasteiger partial charge in [-0.15, -0.1) is 11.3 Å². The van der Waals surface area contributed by atoms with Gasteiger partial charge in [0.25, 0.3) is 5.56 Å². The Bertz CT molecular complexity index is 603. The highest BCUT2D eigenvalue weighted by Crippen LogP contribution is 2.33. The molecule has 7 heteroatoms. The maximum atomic E-state index is 11.9. The molecule has 90 valence electrons. The molecule has 2 aromatic heterocycles. The van der Waals surface area contributed by atoms with E-state index in [1.54, 1.807) is 17.4 Å². The third-order valence-corrected chi connectivity index (χ3v) is 6.00. The lowest BCUT2D eigenvalue weighted by molar-refractivity contribution is 0.849. The molecule has 1 fully saturated rings. The molecule has 3 heterocycles. The average molecular weight is 305 g/mol. The Labute approximate surface area is 115 Å². The zero-order valence-electron chi connectivity index (χ0n) is 8.81. The summed E-state index contributed by atoms with van der Waals surface area (Å²) in [4.78, 5) is 18.2. The first-order valence-corrected chi connectivity index (χ1v) is 8.33. The van der Waals surface area contributed by atoms with Gasteiger partial charge >= 0.3 is 0 Å². The van der Waals surface area contributed by atoms with Crippen LogP contribution in [0, 0.1) is 0 Å². The molecule has 17 heavy (non-hydrogen) atoms. The van der Waals surface area contributed by atoms with Crippen LogP contribution in [0.3, 0.4) is 0 Å². The van der Waals surface area contributed by atoms with Crippen molar-refractivity contribution in [1.29, 1.82) is 0 Å². The summed E-state index contributed by atoms with van der Waals surface area (Å²) in [6, 6.07) is 1.71. The van der Waals surface area contributed by atoms with Crippen molar-refractivity contribution < 1.29 is 0 Å². The summed E-state index contributed by atoms with van der Waals surface area (Å²) in [6.45, 7) is 1.94. The molecular formula is C10H9ClN2OS3. The minimum atomic E-state index is -0.157. The van der Waals surface area contributed by atoms with Gasteiger partial charge in [-0.05, 0) is 6.07 Å². The molecular weight excluding hydrogens is 296 g/mol. The number of rotatable bonds is 1. The van der Waals surface area contributed by atoms with E-state index in [0.29, 0.717) is 9.72 Å². The molecule has 0 radical (unpaired) electrons. The summed E-state index contributed by atoms with van der Waals surface area (Å²) < 4.78 is 1.63. The van der Waals surface area contributed by atoms with Crippen molar-refractivity contribution in [2.24, 2.45) is 0 Å². The molecule has 1 saturated heterocycles. The lowest BCUT2D eigenvalue weighted by atomic mass is 10.4. The number of aromatic nitrogens is 1. The fourth-order valence-electron chi connectivity index (χ4n) is 1.71. The van der Waals surface area contributed by atoms with Crippen molar-refractivity contribution in [3.8, 4) is 0 Å². The van der Waals surface area contributed by atoms with E-state index in [4.69, 9.17) is 11.6 Å². The van der Waals surface area contributed by atoms with Crippen LogP contribution in [0.15, 0.2) is 10.9 Å². The van der Waals surface area contributed by atoms with E-state index in [9.17, 15) is 4.79 Å². The fourth-order valence-corrected chi connectivity index (χ4v) is 5.23. The Balaban J connectivity index is 2.08. The van der Waals surface area contributed by atoms with E-state index in [-0.39, 0.29) is 5.56 Å². The second kappa shape index (κ2) is 4.76. The Hall–Kier alpha value is -0.300. The summed E-state index contributed by atoms with van der Waals surface area (Å²) in [6.07, 6.45) is 0. The maximum Gasteiger partial charge on any atom is 0.282 e. The number of fused-ring (bicyclic) bond motifs is 1. The van der Waals surface area contributed by atoms with Crippen molar-refractivity contribution in [3.05, 3.63) is 20.8 Å². The van der Waals surface area contributed by atoms with Crippen LogP contribution in [0.1, 0.15) is 0 Å². The summed E-state index contributed by atoms with van der Waals surface area (Å²) in [7, 11) is 0. The Morgan fingerprint density at radius 3 is 2.82 bits per heavy atom. The van der Waals surface area contributed by atoms with E-state index in [2.05, 4.69) is 9.88 Å². The van der Waals surface area contributed by atoms with Crippen molar-refractivity contribution in [3.63, 3.8) is 0 Å². The topological polar surface area (TPSA) is 33.2 Å². The molecule has 0 spiro atoms. The SMILES string of the molecule is O=c1nc(N2CCSCC2)sc2sc(Cl)cc12. The smallest absolute Gasteiger partial charge is 0.282 e.